The Morgan fingerprint density at radius 1 is 1.00 bits per heavy atom. The fourth-order valence-corrected chi connectivity index (χ4v) is 0. The van der Waals surface area contributed by atoms with Crippen LogP contribution in [0.3, 0.4) is 0 Å². The van der Waals surface area contributed by atoms with E-state index in [1.807, 2.05) is 0 Å². The predicted molar refractivity (Wildman–Crippen MR) is 30.6 cm³/mol. The summed E-state index contributed by atoms with van der Waals surface area (Å²) in [5.74, 6) is 0. The molecular weight excluding hydrogens is 215 g/mol. The van der Waals surface area contributed by atoms with E-state index in [4.69, 9.17) is 19.2 Å². The van der Waals surface area contributed by atoms with Gasteiger partial charge in [0.05, 0.1) is 0 Å². The molecule has 0 aromatic rings. The van der Waals surface area contributed by atoms with Gasteiger partial charge in [0.2, 0.25) is 0 Å². The van der Waals surface area contributed by atoms with Gasteiger partial charge in [-0.25, -0.2) is 0 Å². The van der Waals surface area contributed by atoms with Gasteiger partial charge in [0.25, 0.3) is 0 Å². The smallest absolute Gasteiger partial charge is 1.00 e. The molecule has 0 aliphatic rings. The van der Waals surface area contributed by atoms with Gasteiger partial charge < -0.3 is 24.9 Å². The average Bonchev–Trinajstić information content (AvgIpc) is 0.722. The van der Waals surface area contributed by atoms with E-state index in [-0.39, 0.29) is 83.0 Å². The van der Waals surface area contributed by atoms with Gasteiger partial charge in [-0.1, -0.05) is 0 Å². The second-order valence-corrected chi connectivity index (χ2v) is 1.80. The molecule has 0 saturated carbocycles. The third kappa shape index (κ3) is 74.2. The zero-order valence-electron chi connectivity index (χ0n) is 8.02. The average molecular weight is 223 g/mol. The summed E-state index contributed by atoms with van der Waals surface area (Å²) < 4.78 is 0. The summed E-state index contributed by atoms with van der Waals surface area (Å²) in [5, 5.41) is 0. The summed E-state index contributed by atoms with van der Waals surface area (Å²) in [6.07, 6.45) is 0. The quantitative estimate of drug-likeness (QED) is 0.332. The SMILES string of the molecule is O[Si](O)(O)O.[Ca+2].[H-].[H-].[H-].[H-].[Mg+2].[Ni]. The molecule has 0 aliphatic heterocycles. The van der Waals surface area contributed by atoms with Crippen molar-refractivity contribution in [3.05, 3.63) is 0 Å². The van der Waals surface area contributed by atoms with Crippen molar-refractivity contribution >= 4 is 69.8 Å². The Morgan fingerprint density at radius 3 is 1.00 bits per heavy atom. The Hall–Kier alpha value is 2.58. The first-order valence-electron chi connectivity index (χ1n) is 0.894. The Bertz CT molecular complexity index is 42.5. The van der Waals surface area contributed by atoms with E-state index in [0.29, 0.717) is 0 Å². The Balaban J connectivity index is -0.00000000381. The van der Waals surface area contributed by atoms with Crippen LogP contribution in [0.2, 0.25) is 0 Å². The summed E-state index contributed by atoms with van der Waals surface area (Å²) in [4.78, 5) is 29.3. The molecule has 0 spiro atoms. The van der Waals surface area contributed by atoms with Gasteiger partial charge in [0, 0.05) is 16.5 Å². The summed E-state index contributed by atoms with van der Waals surface area (Å²) in [6.45, 7) is 0. The van der Waals surface area contributed by atoms with Crippen LogP contribution < -0.4 is 0 Å². The molecule has 0 aromatic carbocycles. The number of rotatable bonds is 0. The zero-order chi connectivity index (χ0) is 4.50. The predicted octanol–water partition coefficient (Wildman–Crippen LogP) is -2.92. The fraction of sp³-hybridized carbons (Fsp3) is 0. The van der Waals surface area contributed by atoms with Crippen LogP contribution in [0.25, 0.3) is 0 Å². The third-order valence-electron chi connectivity index (χ3n) is 0. The molecule has 0 bridgehead atoms. The van der Waals surface area contributed by atoms with E-state index in [1.54, 1.807) is 0 Å². The monoisotopic (exact) mass is 222 g/mol. The van der Waals surface area contributed by atoms with E-state index >= 15 is 0 Å². The number of hydrogen-bond donors (Lipinski definition) is 4. The van der Waals surface area contributed by atoms with E-state index in [9.17, 15) is 0 Å². The molecule has 0 aliphatic carbocycles. The minimum atomic E-state index is -4.61. The topological polar surface area (TPSA) is 80.9 Å². The maximum atomic E-state index is 7.33. The molecule has 0 unspecified atom stereocenters. The molecule has 4 nitrogen and oxygen atoms in total. The van der Waals surface area contributed by atoms with Crippen LogP contribution in [-0.4, -0.2) is 89.0 Å². The first-order chi connectivity index (χ1) is 2.00. The molecule has 0 atom stereocenters. The van der Waals surface area contributed by atoms with Gasteiger partial charge in [-0.3, -0.25) is 0 Å². The standard InChI is InChI=1S/Ca.Mg.Ni.H4O4Si.4H/c;;;1-5(2,3)4;;;;/h;;;1-4H;;;;/q2*+2;;;4*-1. The molecule has 0 amide bonds. The van der Waals surface area contributed by atoms with Crippen LogP contribution in [0.1, 0.15) is 5.71 Å². The Labute approximate surface area is 110 Å². The van der Waals surface area contributed by atoms with E-state index in [0.717, 1.165) is 0 Å². The molecule has 0 saturated heterocycles. The van der Waals surface area contributed by atoms with Crippen molar-refractivity contribution in [2.24, 2.45) is 0 Å². The van der Waals surface area contributed by atoms with Crippen molar-refractivity contribution < 1.29 is 41.4 Å². The zero-order valence-corrected chi connectivity index (χ0v) is 9.63. The van der Waals surface area contributed by atoms with Crippen LogP contribution >= 0.6 is 0 Å². The Morgan fingerprint density at radius 2 is 1.00 bits per heavy atom. The minimum Gasteiger partial charge on any atom is -1.00 e. The Kier molecular flexibility index (Phi) is 26.8. The summed E-state index contributed by atoms with van der Waals surface area (Å²) in [5.41, 5.74) is 0. The fourth-order valence-electron chi connectivity index (χ4n) is 0. The van der Waals surface area contributed by atoms with Gasteiger partial charge in [0.15, 0.2) is 0 Å². The molecule has 0 radical (unpaired) electrons. The molecule has 8 heteroatoms. The maximum Gasteiger partial charge on any atom is 2.00 e. The number of hydrogen-bond acceptors (Lipinski definition) is 4. The maximum absolute atomic E-state index is 7.33. The molecule has 0 fully saturated rings. The molecule has 0 rings (SSSR count). The van der Waals surface area contributed by atoms with E-state index in [1.165, 1.54) is 0 Å². The van der Waals surface area contributed by atoms with Crippen LogP contribution in [0, 0.1) is 0 Å². The minimum absolute atomic E-state index is 0. The molecular formula is H8CaMgNiO4Si. The van der Waals surface area contributed by atoms with Gasteiger partial charge >= 0.3 is 69.8 Å². The van der Waals surface area contributed by atoms with Crippen molar-refractivity contribution in [3.8, 4) is 0 Å². The van der Waals surface area contributed by atoms with Crippen molar-refractivity contribution in [2.75, 3.05) is 0 Å². The summed E-state index contributed by atoms with van der Waals surface area (Å²) in [6, 6.07) is 0. The van der Waals surface area contributed by atoms with Gasteiger partial charge in [-0.15, -0.1) is 0 Å². The van der Waals surface area contributed by atoms with Crippen molar-refractivity contribution in [2.45, 2.75) is 0 Å². The summed E-state index contributed by atoms with van der Waals surface area (Å²) in [7, 11) is -4.61. The van der Waals surface area contributed by atoms with Crippen LogP contribution in [0.5, 0.6) is 0 Å². The molecule has 8 heavy (non-hydrogen) atoms. The second kappa shape index (κ2) is 9.58. The molecule has 4 N–H and O–H groups in total. The largest absolute Gasteiger partial charge is 2.00 e. The van der Waals surface area contributed by atoms with Gasteiger partial charge in [-0.2, -0.15) is 0 Å². The third-order valence-corrected chi connectivity index (χ3v) is 0. The normalized spacial score (nSPS) is 7.50. The van der Waals surface area contributed by atoms with Crippen LogP contribution in [-0.2, 0) is 16.5 Å². The van der Waals surface area contributed by atoms with Crippen LogP contribution in [0.15, 0.2) is 0 Å². The van der Waals surface area contributed by atoms with E-state index in [2.05, 4.69) is 0 Å². The summed E-state index contributed by atoms with van der Waals surface area (Å²) >= 11 is 0. The first kappa shape index (κ1) is 22.4. The van der Waals surface area contributed by atoms with Crippen molar-refractivity contribution in [3.63, 3.8) is 0 Å². The van der Waals surface area contributed by atoms with E-state index < -0.39 is 9.05 Å². The van der Waals surface area contributed by atoms with Crippen molar-refractivity contribution in [1.29, 1.82) is 0 Å². The van der Waals surface area contributed by atoms with Crippen LogP contribution in [0.4, 0.5) is 0 Å². The molecule has 50 valence electrons. The second-order valence-electron chi connectivity index (χ2n) is 0.600. The van der Waals surface area contributed by atoms with Gasteiger partial charge in [-0.05, 0) is 0 Å². The van der Waals surface area contributed by atoms with Gasteiger partial charge in [0.1, 0.15) is 0 Å². The van der Waals surface area contributed by atoms with Crippen molar-refractivity contribution in [1.82, 2.24) is 0 Å². The molecule has 0 heterocycles. The first-order valence-corrected chi connectivity index (χ1v) is 2.68. The molecule has 0 aromatic heterocycles.